The first kappa shape index (κ1) is 18.9. The fourth-order valence-corrected chi connectivity index (χ4v) is 4.56. The van der Waals surface area contributed by atoms with Crippen LogP contribution >= 0.6 is 23.1 Å². The second kappa shape index (κ2) is 7.89. The number of benzene rings is 1. The summed E-state index contributed by atoms with van der Waals surface area (Å²) >= 11 is 3.03. The van der Waals surface area contributed by atoms with Crippen molar-refractivity contribution in [3.05, 3.63) is 47.3 Å². The number of nitrogens with zero attached hydrogens (tertiary/aromatic N) is 3. The minimum absolute atomic E-state index is 0.0785. The Bertz CT molecular complexity index is 1010. The van der Waals surface area contributed by atoms with Crippen molar-refractivity contribution >= 4 is 40.5 Å². The molecule has 1 atom stereocenters. The molecule has 2 aromatic heterocycles. The van der Waals surface area contributed by atoms with Gasteiger partial charge in [-0.15, -0.1) is 21.5 Å². The zero-order valence-electron chi connectivity index (χ0n) is 15.6. The van der Waals surface area contributed by atoms with Crippen LogP contribution in [0, 0.1) is 0 Å². The summed E-state index contributed by atoms with van der Waals surface area (Å²) in [6.45, 7) is 3.33. The molecule has 1 fully saturated rings. The smallest absolute Gasteiger partial charge is 0.237 e. The Morgan fingerprint density at radius 1 is 1.21 bits per heavy atom. The Balaban J connectivity index is 1.52. The summed E-state index contributed by atoms with van der Waals surface area (Å²) in [4.78, 5) is 25.6. The van der Waals surface area contributed by atoms with Crippen molar-refractivity contribution in [3.63, 3.8) is 0 Å². The van der Waals surface area contributed by atoms with Gasteiger partial charge in [-0.05, 0) is 50.3 Å². The molecule has 4 rings (SSSR count). The normalized spacial score (nSPS) is 14.6. The number of thiophene rings is 1. The van der Waals surface area contributed by atoms with Gasteiger partial charge < -0.3 is 5.32 Å². The van der Waals surface area contributed by atoms with E-state index in [-0.39, 0.29) is 16.9 Å². The van der Waals surface area contributed by atoms with Crippen LogP contribution in [0.2, 0.25) is 0 Å². The SMILES string of the molecule is CC(=O)c1ccccc1NC(=O)[C@H](C)Sc1nnc(-c2cccs2)n1C1CC1. The first-order valence-electron chi connectivity index (χ1n) is 9.11. The van der Waals surface area contributed by atoms with Crippen LogP contribution in [0.15, 0.2) is 46.9 Å². The molecular formula is C20H20N4O2S2. The van der Waals surface area contributed by atoms with E-state index in [0.717, 1.165) is 28.7 Å². The zero-order chi connectivity index (χ0) is 19.7. The lowest BCUT2D eigenvalue weighted by molar-refractivity contribution is -0.115. The van der Waals surface area contributed by atoms with Crippen LogP contribution in [0.3, 0.4) is 0 Å². The van der Waals surface area contributed by atoms with Crippen molar-refractivity contribution < 1.29 is 9.59 Å². The van der Waals surface area contributed by atoms with E-state index in [9.17, 15) is 9.59 Å². The quantitative estimate of drug-likeness (QED) is 0.451. The molecule has 144 valence electrons. The number of para-hydroxylation sites is 1. The third kappa shape index (κ3) is 3.88. The highest BCUT2D eigenvalue weighted by Crippen LogP contribution is 2.42. The Hall–Kier alpha value is -2.45. The largest absolute Gasteiger partial charge is 0.324 e. The van der Waals surface area contributed by atoms with Crippen LogP contribution < -0.4 is 5.32 Å². The van der Waals surface area contributed by atoms with Gasteiger partial charge in [-0.2, -0.15) is 0 Å². The van der Waals surface area contributed by atoms with Crippen molar-refractivity contribution in [3.8, 4) is 10.7 Å². The maximum absolute atomic E-state index is 12.7. The molecule has 1 saturated carbocycles. The van der Waals surface area contributed by atoms with Crippen LogP contribution in [-0.4, -0.2) is 31.7 Å². The number of thioether (sulfide) groups is 1. The number of amides is 1. The summed E-state index contributed by atoms with van der Waals surface area (Å²) < 4.78 is 2.16. The van der Waals surface area contributed by atoms with E-state index >= 15 is 0 Å². The summed E-state index contributed by atoms with van der Waals surface area (Å²) in [6.07, 6.45) is 2.22. The van der Waals surface area contributed by atoms with Crippen LogP contribution in [0.1, 0.15) is 43.1 Å². The molecule has 0 saturated heterocycles. The van der Waals surface area contributed by atoms with E-state index in [1.54, 1.807) is 35.6 Å². The predicted octanol–water partition coefficient (Wildman–Crippen LogP) is 4.66. The molecule has 1 aliphatic rings. The van der Waals surface area contributed by atoms with Gasteiger partial charge in [-0.25, -0.2) is 0 Å². The molecule has 1 aliphatic carbocycles. The van der Waals surface area contributed by atoms with Gasteiger partial charge in [0.15, 0.2) is 16.8 Å². The van der Waals surface area contributed by atoms with Crippen LogP contribution in [0.5, 0.6) is 0 Å². The molecule has 0 spiro atoms. The number of anilines is 1. The van der Waals surface area contributed by atoms with Crippen LogP contribution in [0.4, 0.5) is 5.69 Å². The molecule has 6 nitrogen and oxygen atoms in total. The molecular weight excluding hydrogens is 392 g/mol. The van der Waals surface area contributed by atoms with Gasteiger partial charge in [0.2, 0.25) is 5.91 Å². The lowest BCUT2D eigenvalue weighted by Crippen LogP contribution is -2.24. The minimum atomic E-state index is -0.377. The molecule has 8 heteroatoms. The van der Waals surface area contributed by atoms with Crippen molar-refractivity contribution in [2.45, 2.75) is 43.1 Å². The monoisotopic (exact) mass is 412 g/mol. The summed E-state index contributed by atoms with van der Waals surface area (Å²) in [5.74, 6) is 0.626. The zero-order valence-corrected chi connectivity index (χ0v) is 17.2. The fraction of sp³-hybridized carbons (Fsp3) is 0.300. The van der Waals surface area contributed by atoms with Crippen molar-refractivity contribution in [2.24, 2.45) is 0 Å². The van der Waals surface area contributed by atoms with Gasteiger partial charge in [0, 0.05) is 11.6 Å². The molecule has 1 amide bonds. The van der Waals surface area contributed by atoms with Crippen molar-refractivity contribution in [1.82, 2.24) is 14.8 Å². The van der Waals surface area contributed by atoms with E-state index in [1.165, 1.54) is 18.7 Å². The number of carbonyl (C=O) groups is 2. The highest BCUT2D eigenvalue weighted by Gasteiger charge is 2.31. The third-order valence-corrected chi connectivity index (χ3v) is 6.46. The number of aromatic nitrogens is 3. The first-order valence-corrected chi connectivity index (χ1v) is 10.9. The third-order valence-electron chi connectivity index (χ3n) is 4.53. The maximum Gasteiger partial charge on any atom is 0.237 e. The number of hydrogen-bond donors (Lipinski definition) is 1. The average molecular weight is 413 g/mol. The fourth-order valence-electron chi connectivity index (χ4n) is 2.94. The topological polar surface area (TPSA) is 76.9 Å². The molecule has 1 N–H and O–H groups in total. The summed E-state index contributed by atoms with van der Waals surface area (Å²) in [7, 11) is 0. The number of hydrogen-bond acceptors (Lipinski definition) is 6. The van der Waals surface area contributed by atoms with Crippen molar-refractivity contribution in [2.75, 3.05) is 5.32 Å². The molecule has 0 radical (unpaired) electrons. The van der Waals surface area contributed by atoms with E-state index in [0.29, 0.717) is 17.3 Å². The Kier molecular flexibility index (Phi) is 5.32. The molecule has 2 heterocycles. The van der Waals surface area contributed by atoms with Gasteiger partial charge in [-0.1, -0.05) is 30.0 Å². The highest BCUT2D eigenvalue weighted by atomic mass is 32.2. The van der Waals surface area contributed by atoms with Gasteiger partial charge in [0.05, 0.1) is 15.8 Å². The Labute approximate surface area is 171 Å². The standard InChI is InChI=1S/C20H20N4O2S2/c1-12(25)15-6-3-4-7-16(15)21-19(26)13(2)28-20-23-22-18(17-8-5-11-27-17)24(20)14-9-10-14/h3-8,11,13-14H,9-10H2,1-2H3,(H,21,26)/t13-/m0/s1. The van der Waals surface area contributed by atoms with E-state index < -0.39 is 0 Å². The lowest BCUT2D eigenvalue weighted by atomic mass is 10.1. The van der Waals surface area contributed by atoms with Gasteiger partial charge >= 0.3 is 0 Å². The number of carbonyl (C=O) groups excluding carboxylic acids is 2. The molecule has 0 unspecified atom stereocenters. The Morgan fingerprint density at radius 3 is 2.68 bits per heavy atom. The van der Waals surface area contributed by atoms with E-state index in [1.807, 2.05) is 24.4 Å². The second-order valence-corrected chi connectivity index (χ2v) is 8.99. The first-order chi connectivity index (χ1) is 13.5. The molecule has 0 bridgehead atoms. The summed E-state index contributed by atoms with van der Waals surface area (Å²) in [5, 5.41) is 14.0. The summed E-state index contributed by atoms with van der Waals surface area (Å²) in [6, 6.07) is 11.5. The molecule has 28 heavy (non-hydrogen) atoms. The highest BCUT2D eigenvalue weighted by molar-refractivity contribution is 8.00. The molecule has 0 aliphatic heterocycles. The molecule has 3 aromatic rings. The van der Waals surface area contributed by atoms with Crippen LogP contribution in [0.25, 0.3) is 10.7 Å². The summed E-state index contributed by atoms with van der Waals surface area (Å²) in [5.41, 5.74) is 1.05. The number of rotatable bonds is 7. The van der Waals surface area contributed by atoms with Crippen LogP contribution in [-0.2, 0) is 4.79 Å². The average Bonchev–Trinajstić information content (AvgIpc) is 3.20. The number of ketones is 1. The van der Waals surface area contributed by atoms with Gasteiger partial charge in [-0.3, -0.25) is 14.2 Å². The van der Waals surface area contributed by atoms with Crippen molar-refractivity contribution in [1.29, 1.82) is 0 Å². The maximum atomic E-state index is 12.7. The predicted molar refractivity (Wildman–Crippen MR) is 112 cm³/mol. The second-order valence-electron chi connectivity index (χ2n) is 6.74. The lowest BCUT2D eigenvalue weighted by Gasteiger charge is -2.14. The molecule has 1 aromatic carbocycles. The van der Waals surface area contributed by atoms with E-state index in [2.05, 4.69) is 20.1 Å². The van der Waals surface area contributed by atoms with Gasteiger partial charge in [0.1, 0.15) is 0 Å². The number of nitrogens with one attached hydrogen (secondary N) is 1. The minimum Gasteiger partial charge on any atom is -0.324 e. The number of Topliss-reactive ketones (excluding diaryl/α,β-unsaturated/α-hetero) is 1. The van der Waals surface area contributed by atoms with E-state index in [4.69, 9.17) is 0 Å². The Morgan fingerprint density at radius 2 is 2.00 bits per heavy atom. The van der Waals surface area contributed by atoms with Gasteiger partial charge in [0.25, 0.3) is 0 Å².